The molecule has 0 radical (unpaired) electrons. The van der Waals surface area contributed by atoms with Crippen LogP contribution in [0.2, 0.25) is 0 Å². The van der Waals surface area contributed by atoms with Gasteiger partial charge < -0.3 is 19.7 Å². The van der Waals surface area contributed by atoms with Crippen LogP contribution in [0.4, 0.5) is 4.79 Å². The van der Waals surface area contributed by atoms with E-state index < -0.39 is 0 Å². The maximum absolute atomic E-state index is 13.2. The summed E-state index contributed by atoms with van der Waals surface area (Å²) in [5, 5.41) is 10.9. The number of benzene rings is 1. The number of hydrazone groups is 1. The molecule has 31 heavy (non-hydrogen) atoms. The number of carbonyl (C=O) groups is 2. The van der Waals surface area contributed by atoms with Crippen LogP contribution in [0.3, 0.4) is 0 Å². The zero-order valence-electron chi connectivity index (χ0n) is 18.3. The number of nitrogens with zero attached hydrogens (tertiary/aromatic N) is 3. The van der Waals surface area contributed by atoms with Crippen LogP contribution in [0.5, 0.6) is 11.5 Å². The second kappa shape index (κ2) is 10.3. The first kappa shape index (κ1) is 22.6. The number of ether oxygens (including phenoxy) is 2. The molecule has 3 rings (SSSR count). The highest BCUT2D eigenvalue weighted by Crippen LogP contribution is 2.37. The van der Waals surface area contributed by atoms with Crippen molar-refractivity contribution in [3.63, 3.8) is 0 Å². The largest absolute Gasteiger partial charge is 0.493 e. The van der Waals surface area contributed by atoms with E-state index in [1.54, 1.807) is 32.6 Å². The Labute approximate surface area is 186 Å². The van der Waals surface area contributed by atoms with Crippen LogP contribution in [0, 0.1) is 0 Å². The second-order valence-electron chi connectivity index (χ2n) is 7.18. The number of hydrogen-bond acceptors (Lipinski definition) is 6. The Hall–Kier alpha value is -3.07. The molecule has 3 amide bonds. The van der Waals surface area contributed by atoms with Gasteiger partial charge in [-0.1, -0.05) is 19.1 Å². The van der Waals surface area contributed by atoms with E-state index in [0.717, 1.165) is 22.6 Å². The minimum Gasteiger partial charge on any atom is -0.493 e. The van der Waals surface area contributed by atoms with Crippen molar-refractivity contribution in [2.75, 3.05) is 34.4 Å². The summed E-state index contributed by atoms with van der Waals surface area (Å²) in [6.07, 6.45) is 1.41. The van der Waals surface area contributed by atoms with Gasteiger partial charge in [-0.15, -0.1) is 11.3 Å². The van der Waals surface area contributed by atoms with Gasteiger partial charge in [0.1, 0.15) is 6.54 Å². The number of carbonyl (C=O) groups excluding carboxylic acids is 2. The molecule has 1 aromatic heterocycles. The molecule has 2 aromatic rings. The molecule has 0 saturated heterocycles. The van der Waals surface area contributed by atoms with Gasteiger partial charge in [0.2, 0.25) is 0 Å². The third kappa shape index (κ3) is 5.16. The number of nitrogens with one attached hydrogen (secondary N) is 1. The number of urea groups is 1. The molecule has 0 bridgehead atoms. The lowest BCUT2D eigenvalue weighted by molar-refractivity contribution is -0.133. The third-order valence-corrected chi connectivity index (χ3v) is 5.93. The zero-order valence-corrected chi connectivity index (χ0v) is 19.1. The summed E-state index contributed by atoms with van der Waals surface area (Å²) in [5.41, 5.74) is 1.74. The number of methoxy groups -OCH3 is 2. The standard InChI is InChI=1S/C22H28N4O4S/c1-5-10-23-22(28)25(2)14-21(27)26-17(13-16(24-26)20-7-6-11-31-20)15-8-9-18(29-3)19(12-15)30-4/h6-9,11-12,17H,5,10,13-14H2,1-4H3,(H,23,28). The summed E-state index contributed by atoms with van der Waals surface area (Å²) in [7, 11) is 4.77. The van der Waals surface area contributed by atoms with Crippen molar-refractivity contribution in [1.82, 2.24) is 15.2 Å². The van der Waals surface area contributed by atoms with E-state index in [0.29, 0.717) is 24.5 Å². The maximum atomic E-state index is 13.2. The van der Waals surface area contributed by atoms with E-state index in [1.165, 1.54) is 9.91 Å². The zero-order chi connectivity index (χ0) is 22.4. The van der Waals surface area contributed by atoms with Gasteiger partial charge in [-0.2, -0.15) is 5.10 Å². The lowest BCUT2D eigenvalue weighted by Crippen LogP contribution is -2.43. The average Bonchev–Trinajstić information content (AvgIpc) is 3.46. The van der Waals surface area contributed by atoms with E-state index in [1.807, 2.05) is 42.6 Å². The molecular formula is C22H28N4O4S. The fraction of sp³-hybridized carbons (Fsp3) is 0.409. The van der Waals surface area contributed by atoms with Crippen molar-refractivity contribution in [3.8, 4) is 11.5 Å². The summed E-state index contributed by atoms with van der Waals surface area (Å²) < 4.78 is 10.8. The third-order valence-electron chi connectivity index (χ3n) is 5.01. The Balaban J connectivity index is 1.86. The molecule has 0 fully saturated rings. The molecule has 1 unspecified atom stereocenters. The van der Waals surface area contributed by atoms with Crippen LogP contribution < -0.4 is 14.8 Å². The molecule has 0 aliphatic carbocycles. The predicted molar refractivity (Wildman–Crippen MR) is 121 cm³/mol. The Kier molecular flexibility index (Phi) is 7.51. The molecule has 8 nitrogen and oxygen atoms in total. The Morgan fingerprint density at radius 3 is 2.68 bits per heavy atom. The van der Waals surface area contributed by atoms with E-state index in [2.05, 4.69) is 10.4 Å². The number of hydrogen-bond donors (Lipinski definition) is 1. The Morgan fingerprint density at radius 1 is 1.26 bits per heavy atom. The van der Waals surface area contributed by atoms with E-state index >= 15 is 0 Å². The molecule has 9 heteroatoms. The molecular weight excluding hydrogens is 416 g/mol. The number of rotatable bonds is 8. The van der Waals surface area contributed by atoms with Crippen molar-refractivity contribution in [1.29, 1.82) is 0 Å². The molecule has 1 aromatic carbocycles. The van der Waals surface area contributed by atoms with Gasteiger partial charge in [0.25, 0.3) is 5.91 Å². The first-order valence-electron chi connectivity index (χ1n) is 10.1. The Bertz CT molecular complexity index is 945. The summed E-state index contributed by atoms with van der Waals surface area (Å²) in [6, 6.07) is 8.99. The van der Waals surface area contributed by atoms with Crippen molar-refractivity contribution in [3.05, 3.63) is 46.2 Å². The Morgan fingerprint density at radius 2 is 2.03 bits per heavy atom. The molecule has 0 saturated carbocycles. The lowest BCUT2D eigenvalue weighted by Gasteiger charge is -2.25. The molecule has 1 N–H and O–H groups in total. The minimum absolute atomic E-state index is 0.0689. The quantitative estimate of drug-likeness (QED) is 0.676. The molecule has 1 aliphatic rings. The van der Waals surface area contributed by atoms with Crippen molar-refractivity contribution in [2.45, 2.75) is 25.8 Å². The lowest BCUT2D eigenvalue weighted by atomic mass is 10.0. The maximum Gasteiger partial charge on any atom is 0.317 e. The van der Waals surface area contributed by atoms with Crippen molar-refractivity contribution in [2.24, 2.45) is 5.10 Å². The first-order valence-corrected chi connectivity index (χ1v) is 11.0. The summed E-state index contributed by atoms with van der Waals surface area (Å²) in [4.78, 5) is 27.7. The summed E-state index contributed by atoms with van der Waals surface area (Å²) >= 11 is 1.58. The highest BCUT2D eigenvalue weighted by molar-refractivity contribution is 7.12. The van der Waals surface area contributed by atoms with Crippen LogP contribution >= 0.6 is 11.3 Å². The van der Waals surface area contributed by atoms with Crippen LogP contribution in [-0.4, -0.2) is 61.9 Å². The molecule has 166 valence electrons. The van der Waals surface area contributed by atoms with E-state index in [9.17, 15) is 9.59 Å². The smallest absolute Gasteiger partial charge is 0.317 e. The highest BCUT2D eigenvalue weighted by atomic mass is 32.1. The van der Waals surface area contributed by atoms with Gasteiger partial charge >= 0.3 is 6.03 Å². The van der Waals surface area contributed by atoms with Gasteiger partial charge in [-0.3, -0.25) is 4.79 Å². The van der Waals surface area contributed by atoms with Crippen LogP contribution in [0.15, 0.2) is 40.8 Å². The fourth-order valence-corrected chi connectivity index (χ4v) is 4.09. The molecule has 0 spiro atoms. The van der Waals surface area contributed by atoms with Gasteiger partial charge in [0.05, 0.1) is 30.9 Å². The van der Waals surface area contributed by atoms with Crippen molar-refractivity contribution < 1.29 is 19.1 Å². The molecule has 1 aliphatic heterocycles. The fourth-order valence-electron chi connectivity index (χ4n) is 3.37. The topological polar surface area (TPSA) is 83.5 Å². The normalized spacial score (nSPS) is 15.4. The molecule has 2 heterocycles. The number of thiophene rings is 1. The predicted octanol–water partition coefficient (Wildman–Crippen LogP) is 3.49. The van der Waals surface area contributed by atoms with Gasteiger partial charge in [-0.25, -0.2) is 9.80 Å². The SMILES string of the molecule is CCCNC(=O)N(C)CC(=O)N1N=C(c2cccs2)CC1c1ccc(OC)c(OC)c1. The average molecular weight is 445 g/mol. The summed E-state index contributed by atoms with van der Waals surface area (Å²) in [6.45, 7) is 2.47. The molecule has 1 atom stereocenters. The van der Waals surface area contributed by atoms with Crippen molar-refractivity contribution >= 4 is 29.0 Å². The highest BCUT2D eigenvalue weighted by Gasteiger charge is 2.34. The minimum atomic E-state index is -0.295. The first-order chi connectivity index (χ1) is 15.0. The van der Waals surface area contributed by atoms with Gasteiger partial charge in [-0.05, 0) is 35.6 Å². The summed E-state index contributed by atoms with van der Waals surface area (Å²) in [5.74, 6) is 0.961. The van der Waals surface area contributed by atoms with Gasteiger partial charge in [0, 0.05) is 20.0 Å². The van der Waals surface area contributed by atoms with E-state index in [-0.39, 0.29) is 24.5 Å². The van der Waals surface area contributed by atoms with Crippen LogP contribution in [-0.2, 0) is 4.79 Å². The second-order valence-corrected chi connectivity index (χ2v) is 8.13. The van der Waals surface area contributed by atoms with Crippen LogP contribution in [0.1, 0.15) is 36.2 Å². The number of amides is 3. The monoisotopic (exact) mass is 444 g/mol. The van der Waals surface area contributed by atoms with E-state index in [4.69, 9.17) is 9.47 Å². The van der Waals surface area contributed by atoms with Gasteiger partial charge in [0.15, 0.2) is 11.5 Å². The number of likely N-dealkylation sites (N-methyl/N-ethyl adjacent to an activating group) is 1. The van der Waals surface area contributed by atoms with Crippen LogP contribution in [0.25, 0.3) is 0 Å².